The van der Waals surface area contributed by atoms with Crippen molar-refractivity contribution in [2.75, 3.05) is 20.1 Å². The third-order valence-electron chi connectivity index (χ3n) is 2.85. The van der Waals surface area contributed by atoms with E-state index in [4.69, 9.17) is 5.73 Å². The molecule has 0 heterocycles. The van der Waals surface area contributed by atoms with Gasteiger partial charge in [-0.15, -0.1) is 0 Å². The molecule has 0 fully saturated rings. The fourth-order valence-electron chi connectivity index (χ4n) is 1.78. The molecule has 1 atom stereocenters. The largest absolute Gasteiger partial charge is 0.345 e. The molecule has 94 valence electrons. The molecule has 1 amide bonds. The lowest BCUT2D eigenvalue weighted by molar-refractivity contribution is -0.129. The van der Waals surface area contributed by atoms with E-state index in [1.54, 1.807) is 4.90 Å². The van der Waals surface area contributed by atoms with Gasteiger partial charge in [-0.25, -0.2) is 0 Å². The van der Waals surface area contributed by atoms with E-state index < -0.39 is 0 Å². The average molecular weight is 234 g/mol. The van der Waals surface area contributed by atoms with Gasteiger partial charge in [0.1, 0.15) is 0 Å². The Morgan fingerprint density at radius 3 is 2.76 bits per heavy atom. The van der Waals surface area contributed by atoms with Crippen molar-refractivity contribution in [1.82, 2.24) is 4.90 Å². The molecular formula is C14H22N2O. The van der Waals surface area contributed by atoms with Crippen molar-refractivity contribution in [2.45, 2.75) is 20.3 Å². The SMILES string of the molecule is Cc1cccc(CC(=O)N(C)CC(C)CN)c1. The maximum absolute atomic E-state index is 12.0. The van der Waals surface area contributed by atoms with Crippen LogP contribution in [0.25, 0.3) is 0 Å². The Kier molecular flexibility index (Phi) is 5.16. The van der Waals surface area contributed by atoms with Gasteiger partial charge in [0.05, 0.1) is 6.42 Å². The lowest BCUT2D eigenvalue weighted by atomic mass is 10.1. The molecule has 0 bridgehead atoms. The van der Waals surface area contributed by atoms with Crippen LogP contribution in [-0.2, 0) is 11.2 Å². The molecule has 0 aromatic heterocycles. The lowest BCUT2D eigenvalue weighted by Crippen LogP contribution is -2.34. The number of nitrogens with two attached hydrogens (primary N) is 1. The van der Waals surface area contributed by atoms with Crippen LogP contribution in [0.15, 0.2) is 24.3 Å². The quantitative estimate of drug-likeness (QED) is 0.841. The molecule has 0 aliphatic heterocycles. The van der Waals surface area contributed by atoms with Crippen LogP contribution < -0.4 is 5.73 Å². The zero-order valence-corrected chi connectivity index (χ0v) is 10.9. The van der Waals surface area contributed by atoms with Gasteiger partial charge >= 0.3 is 0 Å². The van der Waals surface area contributed by atoms with Gasteiger partial charge in [-0.3, -0.25) is 4.79 Å². The highest BCUT2D eigenvalue weighted by Gasteiger charge is 2.12. The molecule has 1 rings (SSSR count). The van der Waals surface area contributed by atoms with Crippen LogP contribution in [0.2, 0.25) is 0 Å². The zero-order valence-electron chi connectivity index (χ0n) is 10.9. The van der Waals surface area contributed by atoms with Crippen molar-refractivity contribution < 1.29 is 4.79 Å². The highest BCUT2D eigenvalue weighted by molar-refractivity contribution is 5.78. The van der Waals surface area contributed by atoms with Crippen molar-refractivity contribution in [3.63, 3.8) is 0 Å². The Hall–Kier alpha value is -1.35. The second kappa shape index (κ2) is 6.40. The smallest absolute Gasteiger partial charge is 0.226 e. The molecule has 0 spiro atoms. The fraction of sp³-hybridized carbons (Fsp3) is 0.500. The van der Waals surface area contributed by atoms with Crippen LogP contribution in [0.4, 0.5) is 0 Å². The van der Waals surface area contributed by atoms with Gasteiger partial charge in [-0.1, -0.05) is 36.8 Å². The van der Waals surface area contributed by atoms with Gasteiger partial charge in [-0.05, 0) is 24.9 Å². The summed E-state index contributed by atoms with van der Waals surface area (Å²) in [5.41, 5.74) is 7.81. The molecular weight excluding hydrogens is 212 g/mol. The molecule has 3 nitrogen and oxygen atoms in total. The van der Waals surface area contributed by atoms with Crippen LogP contribution in [-0.4, -0.2) is 30.9 Å². The summed E-state index contributed by atoms with van der Waals surface area (Å²) in [4.78, 5) is 13.7. The second-order valence-electron chi connectivity index (χ2n) is 4.78. The monoisotopic (exact) mass is 234 g/mol. The summed E-state index contributed by atoms with van der Waals surface area (Å²) in [6, 6.07) is 8.07. The minimum atomic E-state index is 0.149. The summed E-state index contributed by atoms with van der Waals surface area (Å²) < 4.78 is 0. The summed E-state index contributed by atoms with van der Waals surface area (Å²) in [6.07, 6.45) is 0.468. The first-order chi connectivity index (χ1) is 8.02. The number of hydrogen-bond acceptors (Lipinski definition) is 2. The zero-order chi connectivity index (χ0) is 12.8. The predicted molar refractivity (Wildman–Crippen MR) is 70.7 cm³/mol. The Bertz CT molecular complexity index is 376. The molecule has 3 heteroatoms. The molecule has 1 aromatic rings. The fourth-order valence-corrected chi connectivity index (χ4v) is 1.78. The van der Waals surface area contributed by atoms with E-state index in [1.165, 1.54) is 5.56 Å². The molecule has 1 aromatic carbocycles. The summed E-state index contributed by atoms with van der Waals surface area (Å²) in [5, 5.41) is 0. The number of nitrogens with zero attached hydrogens (tertiary/aromatic N) is 1. The van der Waals surface area contributed by atoms with Crippen LogP contribution in [0.5, 0.6) is 0 Å². The summed E-state index contributed by atoms with van der Waals surface area (Å²) in [5.74, 6) is 0.498. The predicted octanol–water partition coefficient (Wildman–Crippen LogP) is 1.59. The van der Waals surface area contributed by atoms with Crippen LogP contribution >= 0.6 is 0 Å². The van der Waals surface area contributed by atoms with E-state index in [1.807, 2.05) is 32.2 Å². The molecule has 0 saturated heterocycles. The summed E-state index contributed by atoms with van der Waals surface area (Å²) in [7, 11) is 1.84. The van der Waals surface area contributed by atoms with Crippen LogP contribution in [0.3, 0.4) is 0 Å². The van der Waals surface area contributed by atoms with E-state index in [-0.39, 0.29) is 5.91 Å². The van der Waals surface area contributed by atoms with Gasteiger partial charge in [0.2, 0.25) is 5.91 Å². The number of aryl methyl sites for hydroxylation is 1. The van der Waals surface area contributed by atoms with E-state index in [0.29, 0.717) is 18.9 Å². The van der Waals surface area contributed by atoms with Crippen molar-refractivity contribution in [2.24, 2.45) is 11.7 Å². The summed E-state index contributed by atoms with van der Waals surface area (Å²) in [6.45, 7) is 5.42. The van der Waals surface area contributed by atoms with E-state index >= 15 is 0 Å². The highest BCUT2D eigenvalue weighted by atomic mass is 16.2. The molecule has 1 unspecified atom stereocenters. The van der Waals surface area contributed by atoms with Crippen molar-refractivity contribution in [3.05, 3.63) is 35.4 Å². The molecule has 0 radical (unpaired) electrons. The van der Waals surface area contributed by atoms with Gasteiger partial charge in [0.25, 0.3) is 0 Å². The van der Waals surface area contributed by atoms with Crippen molar-refractivity contribution >= 4 is 5.91 Å². The standard InChI is InChI=1S/C14H22N2O/c1-11-5-4-6-13(7-11)8-14(17)16(3)10-12(2)9-15/h4-7,12H,8-10,15H2,1-3H3. The number of likely N-dealkylation sites (N-methyl/N-ethyl adjacent to an activating group) is 1. The van der Waals surface area contributed by atoms with Gasteiger partial charge in [0.15, 0.2) is 0 Å². The maximum atomic E-state index is 12.0. The maximum Gasteiger partial charge on any atom is 0.226 e. The first-order valence-electron chi connectivity index (χ1n) is 6.02. The third-order valence-corrected chi connectivity index (χ3v) is 2.85. The Morgan fingerprint density at radius 1 is 1.47 bits per heavy atom. The number of carbonyl (C=O) groups is 1. The van der Waals surface area contributed by atoms with E-state index in [2.05, 4.69) is 13.0 Å². The minimum Gasteiger partial charge on any atom is -0.345 e. The Balaban J connectivity index is 2.54. The number of rotatable bonds is 5. The number of benzene rings is 1. The molecule has 2 N–H and O–H groups in total. The minimum absolute atomic E-state index is 0.149. The third kappa shape index (κ3) is 4.57. The number of amides is 1. The molecule has 0 aliphatic rings. The molecule has 17 heavy (non-hydrogen) atoms. The van der Waals surface area contributed by atoms with Gasteiger partial charge in [0, 0.05) is 13.6 Å². The Labute approximate surface area is 104 Å². The van der Waals surface area contributed by atoms with E-state index in [0.717, 1.165) is 12.1 Å². The van der Waals surface area contributed by atoms with Crippen molar-refractivity contribution in [1.29, 1.82) is 0 Å². The Morgan fingerprint density at radius 2 is 2.18 bits per heavy atom. The van der Waals surface area contributed by atoms with Crippen LogP contribution in [0.1, 0.15) is 18.1 Å². The second-order valence-corrected chi connectivity index (χ2v) is 4.78. The molecule has 0 aliphatic carbocycles. The first kappa shape index (κ1) is 13.7. The topological polar surface area (TPSA) is 46.3 Å². The van der Waals surface area contributed by atoms with E-state index in [9.17, 15) is 4.79 Å². The number of carbonyl (C=O) groups excluding carboxylic acids is 1. The van der Waals surface area contributed by atoms with Gasteiger partial charge < -0.3 is 10.6 Å². The highest BCUT2D eigenvalue weighted by Crippen LogP contribution is 2.07. The van der Waals surface area contributed by atoms with Gasteiger partial charge in [-0.2, -0.15) is 0 Å². The first-order valence-corrected chi connectivity index (χ1v) is 6.02. The lowest BCUT2D eigenvalue weighted by Gasteiger charge is -2.20. The van der Waals surface area contributed by atoms with Crippen molar-refractivity contribution in [3.8, 4) is 0 Å². The summed E-state index contributed by atoms with van der Waals surface area (Å²) >= 11 is 0. The van der Waals surface area contributed by atoms with Crippen LogP contribution in [0, 0.1) is 12.8 Å². The normalized spacial score (nSPS) is 12.2. The number of hydrogen-bond donors (Lipinski definition) is 1. The molecule has 0 saturated carbocycles. The average Bonchev–Trinajstić information content (AvgIpc) is 2.28.